The van der Waals surface area contributed by atoms with E-state index in [2.05, 4.69) is 15.5 Å². The Kier molecular flexibility index (Phi) is 4.08. The van der Waals surface area contributed by atoms with Crippen LogP contribution in [-0.2, 0) is 17.8 Å². The minimum Gasteiger partial charge on any atom is -0.390 e. The van der Waals surface area contributed by atoms with E-state index in [9.17, 15) is 14.7 Å². The van der Waals surface area contributed by atoms with Crippen molar-refractivity contribution < 1.29 is 9.90 Å². The highest BCUT2D eigenvalue weighted by atomic mass is 16.3. The molecule has 1 amide bonds. The van der Waals surface area contributed by atoms with Gasteiger partial charge in [0.25, 0.3) is 5.56 Å². The Hall–Kier alpha value is -2.22. The van der Waals surface area contributed by atoms with Crippen LogP contribution in [0, 0.1) is 5.92 Å². The van der Waals surface area contributed by atoms with Gasteiger partial charge in [-0.3, -0.25) is 9.59 Å². The SMILES string of the molecule is C[C@]1(O)C[C@@H](NC(=O)Cn2nc(CC3CCC3)n3nc(C4CC4)cc3c2=O)C1. The Morgan fingerprint density at radius 3 is 2.64 bits per heavy atom. The van der Waals surface area contributed by atoms with Gasteiger partial charge >= 0.3 is 0 Å². The second kappa shape index (κ2) is 6.40. The molecule has 0 spiro atoms. The van der Waals surface area contributed by atoms with Crippen LogP contribution in [-0.4, -0.2) is 42.1 Å². The first-order chi connectivity index (χ1) is 13.4. The maximum atomic E-state index is 12.9. The van der Waals surface area contributed by atoms with E-state index < -0.39 is 5.60 Å². The Bertz CT molecular complexity index is 976. The average molecular weight is 385 g/mol. The molecule has 3 fully saturated rings. The zero-order valence-corrected chi connectivity index (χ0v) is 16.2. The summed E-state index contributed by atoms with van der Waals surface area (Å²) in [6.45, 7) is 1.66. The molecule has 2 N–H and O–H groups in total. The minimum atomic E-state index is -0.696. The molecule has 2 heterocycles. The van der Waals surface area contributed by atoms with E-state index in [4.69, 9.17) is 0 Å². The van der Waals surface area contributed by atoms with Crippen molar-refractivity contribution in [1.82, 2.24) is 24.7 Å². The highest BCUT2D eigenvalue weighted by molar-refractivity contribution is 5.76. The second-order valence-electron chi connectivity index (χ2n) is 9.19. The summed E-state index contributed by atoms with van der Waals surface area (Å²) in [6, 6.07) is 1.84. The predicted octanol–water partition coefficient (Wildman–Crippen LogP) is 1.14. The normalized spacial score (nSPS) is 27.4. The fraction of sp³-hybridized carbons (Fsp3) is 0.700. The zero-order chi connectivity index (χ0) is 19.5. The molecule has 3 saturated carbocycles. The molecule has 150 valence electrons. The number of hydrogen-bond donors (Lipinski definition) is 2. The lowest BCUT2D eigenvalue weighted by Crippen LogP contribution is -2.54. The summed E-state index contributed by atoms with van der Waals surface area (Å²) in [5, 5.41) is 21.9. The summed E-state index contributed by atoms with van der Waals surface area (Å²) in [7, 11) is 0. The number of hydrogen-bond acceptors (Lipinski definition) is 5. The Morgan fingerprint density at radius 1 is 1.29 bits per heavy atom. The maximum Gasteiger partial charge on any atom is 0.293 e. The third kappa shape index (κ3) is 3.34. The van der Waals surface area contributed by atoms with Crippen LogP contribution in [0.4, 0.5) is 0 Å². The van der Waals surface area contributed by atoms with Gasteiger partial charge in [-0.05, 0) is 44.6 Å². The third-order valence-electron chi connectivity index (χ3n) is 6.38. The Balaban J connectivity index is 1.41. The molecule has 0 radical (unpaired) electrons. The molecule has 0 atom stereocenters. The zero-order valence-electron chi connectivity index (χ0n) is 16.2. The number of aromatic nitrogens is 4. The molecule has 0 aromatic carbocycles. The summed E-state index contributed by atoms with van der Waals surface area (Å²) >= 11 is 0. The number of nitrogens with one attached hydrogen (secondary N) is 1. The number of carbonyl (C=O) groups excluding carboxylic acids is 1. The summed E-state index contributed by atoms with van der Waals surface area (Å²) in [5.74, 6) is 1.57. The van der Waals surface area contributed by atoms with Crippen molar-refractivity contribution in [2.45, 2.75) is 82.4 Å². The van der Waals surface area contributed by atoms with Crippen molar-refractivity contribution in [2.24, 2.45) is 5.92 Å². The van der Waals surface area contributed by atoms with Crippen LogP contribution in [0.25, 0.3) is 5.52 Å². The molecule has 8 heteroatoms. The summed E-state index contributed by atoms with van der Waals surface area (Å²) in [6.07, 6.45) is 7.72. The third-order valence-corrected chi connectivity index (χ3v) is 6.38. The Labute approximate surface area is 162 Å². The first-order valence-electron chi connectivity index (χ1n) is 10.4. The molecule has 2 aromatic rings. The molecular formula is C20H27N5O3. The minimum absolute atomic E-state index is 0.0344. The predicted molar refractivity (Wildman–Crippen MR) is 102 cm³/mol. The molecule has 8 nitrogen and oxygen atoms in total. The quantitative estimate of drug-likeness (QED) is 0.776. The Morgan fingerprint density at radius 2 is 2.04 bits per heavy atom. The first-order valence-corrected chi connectivity index (χ1v) is 10.4. The number of carbonyl (C=O) groups is 1. The lowest BCUT2D eigenvalue weighted by Gasteiger charge is -2.41. The van der Waals surface area contributed by atoms with Crippen molar-refractivity contribution in [2.75, 3.05) is 0 Å². The number of fused-ring (bicyclic) bond motifs is 1. The molecule has 28 heavy (non-hydrogen) atoms. The van der Waals surface area contributed by atoms with E-state index in [1.807, 2.05) is 6.07 Å². The van der Waals surface area contributed by atoms with Gasteiger partial charge in [0, 0.05) is 18.4 Å². The van der Waals surface area contributed by atoms with Gasteiger partial charge in [0.1, 0.15) is 12.1 Å². The van der Waals surface area contributed by atoms with Crippen LogP contribution in [0.15, 0.2) is 10.9 Å². The monoisotopic (exact) mass is 385 g/mol. The standard InChI is InChI=1S/C20H27N5O3/c1-20(28)9-14(10-20)21-18(26)11-24-19(27)16-8-15(13-5-6-13)22-25(16)17(23-24)7-12-3-2-4-12/h8,12-14,28H,2-7,9-11H2,1H3,(H,21,26)/t14-,20+. The van der Waals surface area contributed by atoms with Gasteiger partial charge in [-0.2, -0.15) is 10.2 Å². The number of rotatable bonds is 6. The van der Waals surface area contributed by atoms with Crippen molar-refractivity contribution in [3.8, 4) is 0 Å². The number of amides is 1. The molecule has 3 aliphatic carbocycles. The first kappa shape index (κ1) is 17.8. The van der Waals surface area contributed by atoms with E-state index in [1.54, 1.807) is 11.4 Å². The number of nitrogens with zero attached hydrogens (tertiary/aromatic N) is 4. The lowest BCUT2D eigenvalue weighted by atomic mass is 9.77. The van der Waals surface area contributed by atoms with Crippen LogP contribution in [0.3, 0.4) is 0 Å². The fourth-order valence-corrected chi connectivity index (χ4v) is 4.39. The van der Waals surface area contributed by atoms with Gasteiger partial charge in [-0.15, -0.1) is 0 Å². The van der Waals surface area contributed by atoms with E-state index >= 15 is 0 Å². The highest BCUT2D eigenvalue weighted by Gasteiger charge is 2.39. The van der Waals surface area contributed by atoms with Crippen LogP contribution < -0.4 is 10.9 Å². The highest BCUT2D eigenvalue weighted by Crippen LogP contribution is 2.39. The largest absolute Gasteiger partial charge is 0.390 e. The fourth-order valence-electron chi connectivity index (χ4n) is 4.39. The van der Waals surface area contributed by atoms with Crippen molar-refractivity contribution in [3.05, 3.63) is 27.9 Å². The van der Waals surface area contributed by atoms with Crippen molar-refractivity contribution >= 4 is 11.4 Å². The molecular weight excluding hydrogens is 358 g/mol. The summed E-state index contributed by atoms with van der Waals surface area (Å²) in [4.78, 5) is 25.4. The smallest absolute Gasteiger partial charge is 0.293 e. The molecule has 2 aromatic heterocycles. The summed E-state index contributed by atoms with van der Waals surface area (Å²) < 4.78 is 3.00. The molecule has 0 saturated heterocycles. The second-order valence-corrected chi connectivity index (χ2v) is 9.19. The van der Waals surface area contributed by atoms with Crippen molar-refractivity contribution in [1.29, 1.82) is 0 Å². The molecule has 0 aliphatic heterocycles. The van der Waals surface area contributed by atoms with E-state index in [0.29, 0.717) is 30.2 Å². The summed E-state index contributed by atoms with van der Waals surface area (Å²) in [5.41, 5.74) is 0.518. The van der Waals surface area contributed by atoms with Crippen molar-refractivity contribution in [3.63, 3.8) is 0 Å². The number of aliphatic hydroxyl groups is 1. The lowest BCUT2D eigenvalue weighted by molar-refractivity contribution is -0.125. The van der Waals surface area contributed by atoms with Gasteiger partial charge in [0.05, 0.1) is 11.3 Å². The van der Waals surface area contributed by atoms with Crippen LogP contribution in [0.5, 0.6) is 0 Å². The van der Waals surface area contributed by atoms with E-state index in [0.717, 1.165) is 30.8 Å². The molecule has 0 unspecified atom stereocenters. The molecule has 3 aliphatic rings. The van der Waals surface area contributed by atoms with Crippen LogP contribution in [0.2, 0.25) is 0 Å². The molecule has 0 bridgehead atoms. The molecule has 5 rings (SSSR count). The van der Waals surface area contributed by atoms with E-state index in [1.165, 1.54) is 23.9 Å². The van der Waals surface area contributed by atoms with Gasteiger partial charge in [-0.25, -0.2) is 9.20 Å². The van der Waals surface area contributed by atoms with Gasteiger partial charge in [0.2, 0.25) is 5.91 Å². The topological polar surface area (TPSA) is 102 Å². The van der Waals surface area contributed by atoms with Gasteiger partial charge in [0.15, 0.2) is 5.82 Å². The maximum absolute atomic E-state index is 12.9. The van der Waals surface area contributed by atoms with Crippen LogP contribution in [0.1, 0.15) is 69.3 Å². The van der Waals surface area contributed by atoms with Gasteiger partial charge < -0.3 is 10.4 Å². The average Bonchev–Trinajstić information content (AvgIpc) is 3.31. The van der Waals surface area contributed by atoms with Gasteiger partial charge in [-0.1, -0.05) is 19.3 Å². The van der Waals surface area contributed by atoms with Crippen LogP contribution >= 0.6 is 0 Å². The van der Waals surface area contributed by atoms with E-state index in [-0.39, 0.29) is 24.1 Å².